The largest absolute Gasteiger partial charge is 0.457 e. The number of esters is 1. The highest BCUT2D eigenvalue weighted by molar-refractivity contribution is 6.36. The first kappa shape index (κ1) is 14.6. The van der Waals surface area contributed by atoms with Crippen molar-refractivity contribution in [3.8, 4) is 11.8 Å². The fourth-order valence-corrected chi connectivity index (χ4v) is 1.17. The van der Waals surface area contributed by atoms with E-state index in [0.717, 1.165) is 0 Å². The number of rotatable bonds is 3. The van der Waals surface area contributed by atoms with Crippen LogP contribution in [0.25, 0.3) is 5.53 Å². The van der Waals surface area contributed by atoms with E-state index in [1.54, 1.807) is 6.92 Å². The molecule has 1 rings (SSSR count). The molecule has 98 valence electrons. The maximum Gasteiger partial charge on any atom is 0.421 e. The summed E-state index contributed by atoms with van der Waals surface area (Å²) in [6.45, 7) is 1.65. The average Bonchev–Trinajstić information content (AvgIpc) is 2.39. The van der Waals surface area contributed by atoms with Gasteiger partial charge in [-0.05, 0) is 31.2 Å². The number of aliphatic hydroxyl groups excluding tert-OH is 1. The number of ether oxygens (including phenoxy) is 1. The SMILES string of the molecule is CCOC(=O)C(=[N+]=[N-])C(O)C#Cc1ccc(F)cc1. The van der Waals surface area contributed by atoms with E-state index < -0.39 is 23.6 Å². The van der Waals surface area contributed by atoms with Gasteiger partial charge in [-0.25, -0.2) is 9.18 Å². The molecule has 1 atom stereocenters. The number of aliphatic hydroxyl groups is 1. The third-order valence-corrected chi connectivity index (χ3v) is 2.05. The van der Waals surface area contributed by atoms with E-state index in [2.05, 4.69) is 21.4 Å². The zero-order valence-corrected chi connectivity index (χ0v) is 10.1. The number of benzene rings is 1. The summed E-state index contributed by atoms with van der Waals surface area (Å²) < 4.78 is 17.2. The van der Waals surface area contributed by atoms with Crippen LogP contribution >= 0.6 is 0 Å². The van der Waals surface area contributed by atoms with E-state index >= 15 is 0 Å². The molecule has 0 fully saturated rings. The Kier molecular flexibility index (Phi) is 5.42. The predicted octanol–water partition coefficient (Wildman–Crippen LogP) is 0.772. The summed E-state index contributed by atoms with van der Waals surface area (Å²) in [5.74, 6) is 3.46. The van der Waals surface area contributed by atoms with E-state index in [1.807, 2.05) is 0 Å². The van der Waals surface area contributed by atoms with Gasteiger partial charge >= 0.3 is 11.7 Å². The second-order valence-corrected chi connectivity index (χ2v) is 3.38. The molecule has 0 heterocycles. The lowest BCUT2D eigenvalue weighted by molar-refractivity contribution is -0.140. The number of halogens is 1. The van der Waals surface area contributed by atoms with Gasteiger partial charge in [-0.3, -0.25) is 0 Å². The Labute approximate surface area is 109 Å². The average molecular weight is 262 g/mol. The molecule has 0 aliphatic heterocycles. The van der Waals surface area contributed by atoms with Crippen LogP contribution in [-0.4, -0.2) is 34.3 Å². The first-order valence-electron chi connectivity index (χ1n) is 5.42. The highest BCUT2D eigenvalue weighted by atomic mass is 19.1. The molecule has 0 aliphatic carbocycles. The van der Waals surface area contributed by atoms with Crippen LogP contribution in [0.1, 0.15) is 12.5 Å². The second-order valence-electron chi connectivity index (χ2n) is 3.38. The van der Waals surface area contributed by atoms with Crippen molar-refractivity contribution in [1.29, 1.82) is 0 Å². The number of nitrogens with zero attached hydrogens (tertiary/aromatic N) is 2. The molecule has 1 aromatic rings. The summed E-state index contributed by atoms with van der Waals surface area (Å²) in [5, 5.41) is 9.58. The lowest BCUT2D eigenvalue weighted by atomic mass is 10.2. The molecule has 1 aromatic carbocycles. The van der Waals surface area contributed by atoms with Crippen LogP contribution in [0.15, 0.2) is 24.3 Å². The lowest BCUT2D eigenvalue weighted by Gasteiger charge is -1.98. The molecular weight excluding hydrogens is 251 g/mol. The normalized spacial score (nSPS) is 10.7. The quantitative estimate of drug-likeness (QED) is 0.287. The summed E-state index contributed by atoms with van der Waals surface area (Å²) in [6, 6.07) is 5.25. The molecular formula is C13H11FN2O3. The van der Waals surface area contributed by atoms with Gasteiger partial charge in [0, 0.05) is 5.56 Å². The third-order valence-electron chi connectivity index (χ3n) is 2.05. The van der Waals surface area contributed by atoms with Crippen LogP contribution in [0.4, 0.5) is 4.39 Å². The van der Waals surface area contributed by atoms with Gasteiger partial charge in [-0.15, -0.1) is 0 Å². The predicted molar refractivity (Wildman–Crippen MR) is 64.5 cm³/mol. The van der Waals surface area contributed by atoms with Crippen molar-refractivity contribution in [3.63, 3.8) is 0 Å². The van der Waals surface area contributed by atoms with Crippen molar-refractivity contribution in [3.05, 3.63) is 41.2 Å². The van der Waals surface area contributed by atoms with Crippen molar-refractivity contribution in [2.45, 2.75) is 13.0 Å². The van der Waals surface area contributed by atoms with Crippen LogP contribution in [0, 0.1) is 17.7 Å². The molecule has 6 heteroatoms. The van der Waals surface area contributed by atoms with Crippen LogP contribution in [0.3, 0.4) is 0 Å². The fourth-order valence-electron chi connectivity index (χ4n) is 1.17. The molecule has 1 N–H and O–H groups in total. The Morgan fingerprint density at radius 1 is 1.53 bits per heavy atom. The van der Waals surface area contributed by atoms with Crippen molar-refractivity contribution in [2.75, 3.05) is 6.61 Å². The smallest absolute Gasteiger partial charge is 0.421 e. The molecule has 19 heavy (non-hydrogen) atoms. The Hall–Kier alpha value is -2.48. The summed E-state index contributed by atoms with van der Waals surface area (Å²) in [7, 11) is 0. The van der Waals surface area contributed by atoms with Crippen molar-refractivity contribution < 1.29 is 23.8 Å². The van der Waals surface area contributed by atoms with E-state index in [0.29, 0.717) is 5.56 Å². The van der Waals surface area contributed by atoms with Crippen LogP contribution in [0.5, 0.6) is 0 Å². The topological polar surface area (TPSA) is 82.9 Å². The van der Waals surface area contributed by atoms with Gasteiger partial charge < -0.3 is 15.4 Å². The number of hydrogen-bond donors (Lipinski definition) is 1. The molecule has 0 saturated heterocycles. The maximum atomic E-state index is 12.6. The van der Waals surface area contributed by atoms with E-state index in [-0.39, 0.29) is 6.61 Å². The standard InChI is InChI=1S/C13H11FN2O3/c1-2-19-13(18)12(16-15)11(17)8-5-9-3-6-10(14)7-4-9/h3-4,6-7,11,17H,2H2,1H3. The monoisotopic (exact) mass is 262 g/mol. The minimum absolute atomic E-state index is 0.0793. The molecule has 1 unspecified atom stereocenters. The van der Waals surface area contributed by atoms with Gasteiger partial charge in [0.1, 0.15) is 5.82 Å². The minimum atomic E-state index is -1.59. The van der Waals surface area contributed by atoms with Crippen molar-refractivity contribution in [1.82, 2.24) is 0 Å². The first-order valence-corrected chi connectivity index (χ1v) is 5.42. The van der Waals surface area contributed by atoms with E-state index in [1.165, 1.54) is 24.3 Å². The van der Waals surface area contributed by atoms with Gasteiger partial charge in [-0.2, -0.15) is 4.79 Å². The molecule has 0 spiro atoms. The maximum absolute atomic E-state index is 12.6. The molecule has 0 aliphatic rings. The van der Waals surface area contributed by atoms with E-state index in [9.17, 15) is 14.3 Å². The van der Waals surface area contributed by atoms with Crippen LogP contribution in [0.2, 0.25) is 0 Å². The number of carbonyl (C=O) groups is 1. The van der Waals surface area contributed by atoms with Crippen molar-refractivity contribution in [2.24, 2.45) is 0 Å². The van der Waals surface area contributed by atoms with Gasteiger partial charge in [-0.1, -0.05) is 11.8 Å². The molecule has 0 amide bonds. The van der Waals surface area contributed by atoms with Gasteiger partial charge in [0.25, 0.3) is 0 Å². The Bertz CT molecular complexity index is 566. The number of carbonyl (C=O) groups excluding carboxylic acids is 1. The summed E-state index contributed by atoms with van der Waals surface area (Å²) in [5.41, 5.74) is 8.48. The molecule has 0 saturated carbocycles. The zero-order chi connectivity index (χ0) is 14.3. The zero-order valence-electron chi connectivity index (χ0n) is 10.1. The summed E-state index contributed by atoms with van der Waals surface area (Å²) in [6.07, 6.45) is -1.59. The Morgan fingerprint density at radius 3 is 2.68 bits per heavy atom. The third kappa shape index (κ3) is 4.36. The summed E-state index contributed by atoms with van der Waals surface area (Å²) >= 11 is 0. The fraction of sp³-hybridized carbons (Fsp3) is 0.231. The highest BCUT2D eigenvalue weighted by Crippen LogP contribution is 2.01. The van der Waals surface area contributed by atoms with Gasteiger partial charge in [0.2, 0.25) is 6.10 Å². The van der Waals surface area contributed by atoms with E-state index in [4.69, 9.17) is 5.53 Å². The molecule has 0 bridgehead atoms. The highest BCUT2D eigenvalue weighted by Gasteiger charge is 2.29. The van der Waals surface area contributed by atoms with Crippen LogP contribution in [-0.2, 0) is 9.53 Å². The number of hydrogen-bond acceptors (Lipinski definition) is 3. The second kappa shape index (κ2) is 7.07. The van der Waals surface area contributed by atoms with Crippen LogP contribution < -0.4 is 0 Å². The Morgan fingerprint density at radius 2 is 2.16 bits per heavy atom. The Balaban J connectivity index is 2.84. The first-order chi connectivity index (χ1) is 9.08. The molecule has 5 nitrogen and oxygen atoms in total. The van der Waals surface area contributed by atoms with Gasteiger partial charge in [0.15, 0.2) is 0 Å². The van der Waals surface area contributed by atoms with Gasteiger partial charge in [0.05, 0.1) is 6.61 Å². The minimum Gasteiger partial charge on any atom is -0.457 e. The van der Waals surface area contributed by atoms with Crippen molar-refractivity contribution >= 4 is 11.7 Å². The molecule has 0 aromatic heterocycles. The lowest BCUT2D eigenvalue weighted by Crippen LogP contribution is -2.30. The molecule has 0 radical (unpaired) electrons. The summed E-state index contributed by atoms with van der Waals surface area (Å²) in [4.78, 5) is 13.9.